The Hall–Kier alpha value is -2.72. The van der Waals surface area contributed by atoms with E-state index in [1.807, 2.05) is 0 Å². The van der Waals surface area contributed by atoms with E-state index < -0.39 is 31.5 Å². The Kier molecular flexibility index (Phi) is 12.4. The van der Waals surface area contributed by atoms with Gasteiger partial charge in [0, 0.05) is 19.3 Å². The van der Waals surface area contributed by atoms with Gasteiger partial charge in [-0.1, -0.05) is 12.1 Å². The molecule has 1 unspecified atom stereocenters. The Labute approximate surface area is 192 Å². The van der Waals surface area contributed by atoms with E-state index in [2.05, 4.69) is 9.82 Å². The number of hydrogen-bond acceptors (Lipinski definition) is 10. The van der Waals surface area contributed by atoms with Crippen LogP contribution in [0.2, 0.25) is 0 Å². The summed E-state index contributed by atoms with van der Waals surface area (Å²) in [6, 6.07) is 5.62. The Morgan fingerprint density at radius 1 is 1.03 bits per heavy atom. The summed E-state index contributed by atoms with van der Waals surface area (Å²) in [5.41, 5.74) is 0.729. The zero-order chi connectivity index (χ0) is 24.9. The third-order valence-electron chi connectivity index (χ3n) is 3.68. The van der Waals surface area contributed by atoms with E-state index in [-0.39, 0.29) is 31.6 Å². The van der Waals surface area contributed by atoms with Crippen LogP contribution in [0, 0.1) is 0 Å². The minimum atomic E-state index is -3.56. The SMILES string of the molecule is COCP(=O)(N[C@@H](C)C(=O)OC(C)C)Oc1ccc(COCOC(=O)/C=C/C(=O)OC)cc1. The van der Waals surface area contributed by atoms with Gasteiger partial charge in [-0.2, -0.15) is 0 Å². The molecule has 0 saturated heterocycles. The lowest BCUT2D eigenvalue weighted by Gasteiger charge is -2.23. The fourth-order valence-corrected chi connectivity index (χ4v) is 3.95. The van der Waals surface area contributed by atoms with Crippen LogP contribution in [0.15, 0.2) is 36.4 Å². The molecule has 0 amide bonds. The second-order valence-corrected chi connectivity index (χ2v) is 8.99. The highest BCUT2D eigenvalue weighted by molar-refractivity contribution is 7.57. The van der Waals surface area contributed by atoms with Crippen LogP contribution < -0.4 is 9.61 Å². The molecule has 0 heterocycles. The Morgan fingerprint density at radius 2 is 1.67 bits per heavy atom. The van der Waals surface area contributed by atoms with Gasteiger partial charge < -0.3 is 28.2 Å². The Bertz CT molecular complexity index is 853. The van der Waals surface area contributed by atoms with Gasteiger partial charge in [0.2, 0.25) is 0 Å². The van der Waals surface area contributed by atoms with Gasteiger partial charge in [-0.3, -0.25) is 9.36 Å². The topological polar surface area (TPSA) is 136 Å². The number of methoxy groups -OCH3 is 2. The van der Waals surface area contributed by atoms with Crippen molar-refractivity contribution in [3.05, 3.63) is 42.0 Å². The van der Waals surface area contributed by atoms with Gasteiger partial charge in [-0.05, 0) is 38.5 Å². The van der Waals surface area contributed by atoms with Crippen molar-refractivity contribution >= 4 is 25.4 Å². The maximum Gasteiger partial charge on any atom is 0.342 e. The molecule has 0 radical (unpaired) electrons. The van der Waals surface area contributed by atoms with Gasteiger partial charge in [0.05, 0.1) is 19.8 Å². The van der Waals surface area contributed by atoms with Crippen LogP contribution in [-0.4, -0.2) is 57.4 Å². The minimum absolute atomic E-state index is 0.125. The lowest BCUT2D eigenvalue weighted by Crippen LogP contribution is -2.36. The molecule has 2 atom stereocenters. The molecule has 0 aromatic heterocycles. The van der Waals surface area contributed by atoms with Crippen molar-refractivity contribution in [3.8, 4) is 5.75 Å². The number of carbonyl (C=O) groups excluding carboxylic acids is 3. The molecule has 0 aliphatic rings. The van der Waals surface area contributed by atoms with Gasteiger partial charge in [-0.25, -0.2) is 14.7 Å². The molecule has 1 rings (SSSR count). The molecule has 0 bridgehead atoms. The van der Waals surface area contributed by atoms with E-state index in [4.69, 9.17) is 23.5 Å². The lowest BCUT2D eigenvalue weighted by atomic mass is 10.2. The zero-order valence-electron chi connectivity index (χ0n) is 19.3. The van der Waals surface area contributed by atoms with Crippen LogP contribution in [0.3, 0.4) is 0 Å². The molecule has 0 aliphatic carbocycles. The number of hydrogen-bond donors (Lipinski definition) is 1. The van der Waals surface area contributed by atoms with Crippen LogP contribution in [-0.2, 0) is 49.2 Å². The van der Waals surface area contributed by atoms with E-state index in [0.29, 0.717) is 0 Å². The molecule has 0 spiro atoms. The smallest absolute Gasteiger partial charge is 0.342 e. The summed E-state index contributed by atoms with van der Waals surface area (Å²) in [4.78, 5) is 34.3. The van der Waals surface area contributed by atoms with Crippen LogP contribution in [0.5, 0.6) is 5.75 Å². The van der Waals surface area contributed by atoms with Gasteiger partial charge in [0.25, 0.3) is 0 Å². The summed E-state index contributed by atoms with van der Waals surface area (Å²) in [6.07, 6.45) is 1.30. The van der Waals surface area contributed by atoms with Crippen LogP contribution in [0.1, 0.15) is 26.3 Å². The van der Waals surface area contributed by atoms with Gasteiger partial charge in [-0.15, -0.1) is 0 Å². The quantitative estimate of drug-likeness (QED) is 0.104. The summed E-state index contributed by atoms with van der Waals surface area (Å²) >= 11 is 0. The third kappa shape index (κ3) is 11.6. The van der Waals surface area contributed by atoms with Crippen molar-refractivity contribution in [3.63, 3.8) is 0 Å². The van der Waals surface area contributed by atoms with Crippen molar-refractivity contribution < 1.29 is 47.2 Å². The first kappa shape index (κ1) is 28.3. The largest absolute Gasteiger partial charge is 0.466 e. The highest BCUT2D eigenvalue weighted by Crippen LogP contribution is 2.43. The average molecular weight is 487 g/mol. The van der Waals surface area contributed by atoms with E-state index in [9.17, 15) is 18.9 Å². The van der Waals surface area contributed by atoms with Gasteiger partial charge in [0.1, 0.15) is 18.1 Å². The molecule has 1 aromatic carbocycles. The molecular weight excluding hydrogens is 457 g/mol. The van der Waals surface area contributed by atoms with Gasteiger partial charge in [0.15, 0.2) is 6.79 Å². The fourth-order valence-electron chi connectivity index (χ4n) is 2.27. The molecule has 33 heavy (non-hydrogen) atoms. The van der Waals surface area contributed by atoms with Gasteiger partial charge >= 0.3 is 25.4 Å². The summed E-state index contributed by atoms with van der Waals surface area (Å²) < 4.78 is 43.1. The summed E-state index contributed by atoms with van der Waals surface area (Å²) in [7, 11) is -1.01. The van der Waals surface area contributed by atoms with Crippen molar-refractivity contribution in [1.29, 1.82) is 0 Å². The maximum absolute atomic E-state index is 13.1. The summed E-state index contributed by atoms with van der Waals surface area (Å²) in [5.74, 6) is -1.70. The third-order valence-corrected chi connectivity index (χ3v) is 5.57. The number of benzene rings is 1. The zero-order valence-corrected chi connectivity index (χ0v) is 20.2. The predicted molar refractivity (Wildman–Crippen MR) is 117 cm³/mol. The molecule has 1 N–H and O–H groups in total. The summed E-state index contributed by atoms with van der Waals surface area (Å²) in [6.45, 7) is 4.76. The van der Waals surface area contributed by atoms with E-state index >= 15 is 0 Å². The first-order valence-electron chi connectivity index (χ1n) is 9.94. The average Bonchev–Trinajstić information content (AvgIpc) is 2.75. The van der Waals surface area contributed by atoms with Crippen molar-refractivity contribution in [1.82, 2.24) is 5.09 Å². The molecule has 184 valence electrons. The number of ether oxygens (including phenoxy) is 5. The van der Waals surface area contributed by atoms with Crippen LogP contribution in [0.4, 0.5) is 0 Å². The Morgan fingerprint density at radius 3 is 2.24 bits per heavy atom. The maximum atomic E-state index is 13.1. The van der Waals surface area contributed by atoms with Crippen molar-refractivity contribution in [2.75, 3.05) is 27.4 Å². The molecule has 11 nitrogen and oxygen atoms in total. The van der Waals surface area contributed by atoms with Crippen molar-refractivity contribution in [2.24, 2.45) is 0 Å². The van der Waals surface area contributed by atoms with E-state index in [1.165, 1.54) is 21.1 Å². The van der Waals surface area contributed by atoms with E-state index in [0.717, 1.165) is 17.7 Å². The first-order valence-corrected chi connectivity index (χ1v) is 11.7. The second-order valence-electron chi connectivity index (χ2n) is 6.95. The normalized spacial score (nSPS) is 13.9. The highest BCUT2D eigenvalue weighted by atomic mass is 31.2. The fraction of sp³-hybridized carbons (Fsp3) is 0.476. The number of esters is 3. The molecule has 0 aliphatic heterocycles. The van der Waals surface area contributed by atoms with Crippen LogP contribution in [0.25, 0.3) is 0 Å². The monoisotopic (exact) mass is 487 g/mol. The van der Waals surface area contributed by atoms with Crippen molar-refractivity contribution in [2.45, 2.75) is 39.5 Å². The highest BCUT2D eigenvalue weighted by Gasteiger charge is 2.30. The molecule has 0 fully saturated rings. The molecule has 0 saturated carbocycles. The predicted octanol–water partition coefficient (Wildman–Crippen LogP) is 2.54. The number of carbonyl (C=O) groups is 3. The van der Waals surface area contributed by atoms with E-state index in [1.54, 1.807) is 38.1 Å². The van der Waals surface area contributed by atoms with Crippen LogP contribution >= 0.6 is 7.52 Å². The summed E-state index contributed by atoms with van der Waals surface area (Å²) in [5, 5.41) is 2.66. The molecule has 1 aromatic rings. The standard InChI is InChI=1S/C21H30NO10P/c1-15(2)31-21(25)16(3)22-33(26,14-27-4)32-18-8-6-17(7-9-18)12-29-13-30-20(24)11-10-19(23)28-5/h6-11,15-16H,12-14H2,1-5H3,(H,22,26)/b11-10+/t16-,33?/m0/s1. The first-order chi connectivity index (χ1) is 15.6. The molecule has 12 heteroatoms. The number of rotatable bonds is 14. The molecular formula is C21H30NO10P. The number of nitrogens with one attached hydrogen (secondary N) is 1. The lowest BCUT2D eigenvalue weighted by molar-refractivity contribution is -0.151. The minimum Gasteiger partial charge on any atom is -0.466 e. The second kappa shape index (κ2) is 14.4. The Balaban J connectivity index is 2.58.